The Bertz CT molecular complexity index is 649. The number of likely N-dealkylation sites (tertiary alicyclic amines) is 1. The Morgan fingerprint density at radius 1 is 1.17 bits per heavy atom. The predicted octanol–water partition coefficient (Wildman–Crippen LogP) is 1.89. The molecule has 0 atom stereocenters. The summed E-state index contributed by atoms with van der Waals surface area (Å²) in [5.74, 6) is 1.19. The van der Waals surface area contributed by atoms with Crippen LogP contribution in [-0.2, 0) is 21.3 Å². The van der Waals surface area contributed by atoms with Crippen LogP contribution in [0.15, 0.2) is 29.2 Å². The summed E-state index contributed by atoms with van der Waals surface area (Å²) in [6, 6.07) is 7.36. The summed E-state index contributed by atoms with van der Waals surface area (Å²) in [4.78, 5) is 2.80. The summed E-state index contributed by atoms with van der Waals surface area (Å²) in [5, 5.41) is 0. The number of thioether (sulfide) groups is 1. The highest BCUT2D eigenvalue weighted by molar-refractivity contribution is 7.98. The van der Waals surface area contributed by atoms with E-state index in [2.05, 4.69) is 18.1 Å². The van der Waals surface area contributed by atoms with Crippen molar-refractivity contribution in [2.45, 2.75) is 18.4 Å². The lowest BCUT2D eigenvalue weighted by Crippen LogP contribution is -2.55. The van der Waals surface area contributed by atoms with Crippen LogP contribution in [-0.4, -0.2) is 69.0 Å². The molecule has 0 spiro atoms. The van der Waals surface area contributed by atoms with Crippen molar-refractivity contribution in [2.24, 2.45) is 5.41 Å². The predicted molar refractivity (Wildman–Crippen MR) is 97.8 cm³/mol. The third-order valence-corrected chi connectivity index (χ3v) is 7.54. The van der Waals surface area contributed by atoms with Gasteiger partial charge in [-0.15, -0.1) is 0 Å². The Labute approximate surface area is 149 Å². The first-order chi connectivity index (χ1) is 11.4. The van der Waals surface area contributed by atoms with Gasteiger partial charge in [-0.25, -0.2) is 8.42 Å². The van der Waals surface area contributed by atoms with Crippen LogP contribution in [0.5, 0.6) is 0 Å². The summed E-state index contributed by atoms with van der Waals surface area (Å²) in [6.07, 6.45) is 2.15. The topological polar surface area (TPSA) is 49.9 Å². The minimum absolute atomic E-state index is 0.379. The van der Waals surface area contributed by atoms with E-state index in [-0.39, 0.29) is 0 Å². The number of sulfonamides is 1. The summed E-state index contributed by atoms with van der Waals surface area (Å²) in [6.45, 7) is 7.27. The molecule has 5 nitrogen and oxygen atoms in total. The van der Waals surface area contributed by atoms with Crippen LogP contribution < -0.4 is 0 Å². The van der Waals surface area contributed by atoms with Gasteiger partial charge >= 0.3 is 0 Å². The van der Waals surface area contributed by atoms with Crippen molar-refractivity contribution in [1.82, 2.24) is 9.21 Å². The molecule has 24 heavy (non-hydrogen) atoms. The number of hydrogen-bond acceptors (Lipinski definition) is 5. The highest BCUT2D eigenvalue weighted by Crippen LogP contribution is 2.33. The Hall–Kier alpha value is -0.600. The van der Waals surface area contributed by atoms with Crippen molar-refractivity contribution in [3.05, 3.63) is 29.8 Å². The molecule has 2 aliphatic heterocycles. The van der Waals surface area contributed by atoms with Gasteiger partial charge in [0.1, 0.15) is 0 Å². The number of nitrogens with zero attached hydrogens (tertiary/aromatic N) is 2. The molecule has 3 rings (SSSR count). The van der Waals surface area contributed by atoms with Gasteiger partial charge in [0.25, 0.3) is 0 Å². The van der Waals surface area contributed by atoms with Crippen molar-refractivity contribution in [1.29, 1.82) is 0 Å². The molecular weight excluding hydrogens is 344 g/mol. The summed E-state index contributed by atoms with van der Waals surface area (Å²) in [7, 11) is -3.39. The highest BCUT2D eigenvalue weighted by Gasteiger charge is 2.37. The quantitative estimate of drug-likeness (QED) is 0.765. The maximum absolute atomic E-state index is 12.6. The van der Waals surface area contributed by atoms with Gasteiger partial charge in [-0.05, 0) is 24.0 Å². The Morgan fingerprint density at radius 2 is 1.79 bits per heavy atom. The Kier molecular flexibility index (Phi) is 5.56. The van der Waals surface area contributed by atoms with E-state index in [1.54, 1.807) is 12.1 Å². The van der Waals surface area contributed by atoms with Crippen molar-refractivity contribution >= 4 is 21.8 Å². The number of rotatable bonds is 6. The van der Waals surface area contributed by atoms with E-state index in [1.165, 1.54) is 15.6 Å². The van der Waals surface area contributed by atoms with E-state index in [9.17, 15) is 8.42 Å². The van der Waals surface area contributed by atoms with Crippen LogP contribution in [0, 0.1) is 5.41 Å². The third-order valence-electron chi connectivity index (χ3n) is 4.64. The molecule has 1 aromatic carbocycles. The van der Waals surface area contributed by atoms with E-state index in [4.69, 9.17) is 4.74 Å². The molecule has 2 fully saturated rings. The first kappa shape index (κ1) is 18.2. The standard InChI is InChI=1S/C17H26N2O3S2/c1-17(14-23-2)12-18(13-17)11-15-3-5-16(6-4-15)24(20,21)19-7-9-22-10-8-19/h3-6H,7-14H2,1-2H3. The number of benzene rings is 1. The SMILES string of the molecule is CSCC1(C)CN(Cc2ccc(S(=O)(=O)N3CCOCC3)cc2)C1. The number of hydrogen-bond donors (Lipinski definition) is 0. The van der Waals surface area contributed by atoms with Crippen LogP contribution >= 0.6 is 11.8 Å². The summed E-state index contributed by atoms with van der Waals surface area (Å²) < 4.78 is 31.9. The van der Waals surface area contributed by atoms with Gasteiger partial charge in [0, 0.05) is 43.9 Å². The van der Waals surface area contributed by atoms with Gasteiger partial charge in [-0.3, -0.25) is 4.90 Å². The average molecular weight is 371 g/mol. The van der Waals surface area contributed by atoms with Crippen molar-refractivity contribution < 1.29 is 13.2 Å². The first-order valence-electron chi connectivity index (χ1n) is 8.31. The Balaban J connectivity index is 1.60. The molecular formula is C17H26N2O3S2. The zero-order valence-electron chi connectivity index (χ0n) is 14.4. The minimum atomic E-state index is -3.39. The molecule has 134 valence electrons. The molecule has 0 aromatic heterocycles. The summed E-state index contributed by atoms with van der Waals surface area (Å²) >= 11 is 1.90. The molecule has 0 aliphatic carbocycles. The lowest BCUT2D eigenvalue weighted by molar-refractivity contribution is 0.0282. The van der Waals surface area contributed by atoms with E-state index >= 15 is 0 Å². The Morgan fingerprint density at radius 3 is 2.38 bits per heavy atom. The molecule has 0 saturated carbocycles. The van der Waals surface area contributed by atoms with Gasteiger partial charge < -0.3 is 4.74 Å². The fraction of sp³-hybridized carbons (Fsp3) is 0.647. The molecule has 0 amide bonds. The molecule has 0 unspecified atom stereocenters. The van der Waals surface area contributed by atoms with Crippen LogP contribution in [0.3, 0.4) is 0 Å². The fourth-order valence-corrected chi connectivity index (χ4v) is 5.83. The van der Waals surface area contributed by atoms with Gasteiger partial charge in [-0.1, -0.05) is 19.1 Å². The molecule has 0 N–H and O–H groups in total. The largest absolute Gasteiger partial charge is 0.379 e. The zero-order valence-corrected chi connectivity index (χ0v) is 16.0. The van der Waals surface area contributed by atoms with E-state index < -0.39 is 10.0 Å². The normalized spacial score (nSPS) is 22.2. The van der Waals surface area contributed by atoms with Crippen molar-refractivity contribution in [3.8, 4) is 0 Å². The van der Waals surface area contributed by atoms with Crippen molar-refractivity contribution in [3.63, 3.8) is 0 Å². The molecule has 7 heteroatoms. The van der Waals surface area contributed by atoms with Crippen molar-refractivity contribution in [2.75, 3.05) is 51.4 Å². The second-order valence-electron chi connectivity index (χ2n) is 7.05. The molecule has 0 radical (unpaired) electrons. The van der Waals surface area contributed by atoms with Gasteiger partial charge in [-0.2, -0.15) is 16.1 Å². The van der Waals surface area contributed by atoms with Crippen LogP contribution in [0.2, 0.25) is 0 Å². The van der Waals surface area contributed by atoms with Gasteiger partial charge in [0.15, 0.2) is 0 Å². The molecule has 1 aromatic rings. The highest BCUT2D eigenvalue weighted by atomic mass is 32.2. The van der Waals surface area contributed by atoms with E-state index in [1.807, 2.05) is 23.9 Å². The molecule has 2 heterocycles. The van der Waals surface area contributed by atoms with Crippen LogP contribution in [0.4, 0.5) is 0 Å². The zero-order chi connectivity index (χ0) is 17.2. The van der Waals surface area contributed by atoms with Crippen LogP contribution in [0.25, 0.3) is 0 Å². The monoisotopic (exact) mass is 370 g/mol. The molecule has 2 saturated heterocycles. The smallest absolute Gasteiger partial charge is 0.243 e. The number of morpholine rings is 1. The first-order valence-corrected chi connectivity index (χ1v) is 11.1. The lowest BCUT2D eigenvalue weighted by atomic mass is 9.84. The maximum Gasteiger partial charge on any atom is 0.243 e. The summed E-state index contributed by atoms with van der Waals surface area (Å²) in [5.41, 5.74) is 1.60. The lowest BCUT2D eigenvalue weighted by Gasteiger charge is -2.48. The fourth-order valence-electron chi connectivity index (χ4n) is 3.55. The van der Waals surface area contributed by atoms with E-state index in [0.29, 0.717) is 36.6 Å². The molecule has 2 aliphatic rings. The van der Waals surface area contributed by atoms with Crippen LogP contribution in [0.1, 0.15) is 12.5 Å². The average Bonchev–Trinajstić information content (AvgIpc) is 2.55. The van der Waals surface area contributed by atoms with E-state index in [0.717, 1.165) is 19.6 Å². The van der Waals surface area contributed by atoms with Gasteiger partial charge in [0.05, 0.1) is 18.1 Å². The third kappa shape index (κ3) is 3.96. The molecule has 0 bridgehead atoms. The maximum atomic E-state index is 12.6. The number of ether oxygens (including phenoxy) is 1. The second-order valence-corrected chi connectivity index (χ2v) is 9.85. The van der Waals surface area contributed by atoms with Gasteiger partial charge in [0.2, 0.25) is 10.0 Å². The second kappa shape index (κ2) is 7.33. The minimum Gasteiger partial charge on any atom is -0.379 e.